The number of nitrogen functional groups attached to an aromatic ring is 1. The van der Waals surface area contributed by atoms with Gasteiger partial charge in [-0.3, -0.25) is 0 Å². The Morgan fingerprint density at radius 1 is 1.38 bits per heavy atom. The van der Waals surface area contributed by atoms with Crippen LogP contribution in [0.5, 0.6) is 0 Å². The van der Waals surface area contributed by atoms with Crippen LogP contribution < -0.4 is 5.73 Å². The lowest BCUT2D eigenvalue weighted by molar-refractivity contribution is 0.0460. The fourth-order valence-corrected chi connectivity index (χ4v) is 1.47. The van der Waals surface area contributed by atoms with Gasteiger partial charge >= 0.3 is 5.97 Å². The van der Waals surface area contributed by atoms with Crippen LogP contribution in [-0.2, 0) is 4.74 Å². The maximum atomic E-state index is 11.8. The third-order valence-electron chi connectivity index (χ3n) is 2.30. The number of hydrogen-bond acceptors (Lipinski definition) is 3. The molecule has 0 saturated heterocycles. The van der Waals surface area contributed by atoms with Crippen molar-refractivity contribution >= 4 is 11.7 Å². The van der Waals surface area contributed by atoms with Crippen LogP contribution in [0.4, 0.5) is 5.69 Å². The summed E-state index contributed by atoms with van der Waals surface area (Å²) in [5, 5.41) is 0. The minimum atomic E-state index is -0.335. The molecule has 1 aromatic carbocycles. The minimum Gasteiger partial charge on any atom is -0.462 e. The van der Waals surface area contributed by atoms with E-state index in [0.29, 0.717) is 23.8 Å². The summed E-state index contributed by atoms with van der Waals surface area (Å²) in [6.07, 6.45) is 0. The minimum absolute atomic E-state index is 0.330. The largest absolute Gasteiger partial charge is 0.462 e. The molecule has 88 valence electrons. The van der Waals surface area contributed by atoms with Crippen molar-refractivity contribution in [3.63, 3.8) is 0 Å². The summed E-state index contributed by atoms with van der Waals surface area (Å²) >= 11 is 0. The van der Waals surface area contributed by atoms with Gasteiger partial charge in [-0.25, -0.2) is 4.79 Å². The Bertz CT molecular complexity index is 397. The molecule has 0 heterocycles. The number of hydrogen-bond donors (Lipinski definition) is 1. The molecule has 0 aliphatic rings. The molecule has 16 heavy (non-hydrogen) atoms. The number of ether oxygens (including phenoxy) is 1. The lowest BCUT2D eigenvalue weighted by Crippen LogP contribution is -2.13. The Hall–Kier alpha value is -1.51. The molecule has 0 aromatic heterocycles. The first-order chi connectivity index (χ1) is 7.41. The molecule has 1 rings (SSSR count). The summed E-state index contributed by atoms with van der Waals surface area (Å²) in [4.78, 5) is 11.8. The lowest BCUT2D eigenvalue weighted by Gasteiger charge is -2.11. The predicted octanol–water partition coefficient (Wildman–Crippen LogP) is 2.70. The fraction of sp³-hybridized carbons (Fsp3) is 0.462. The van der Waals surface area contributed by atoms with E-state index in [1.54, 1.807) is 6.07 Å². The highest BCUT2D eigenvalue weighted by Gasteiger charge is 2.13. The first-order valence-corrected chi connectivity index (χ1v) is 5.45. The van der Waals surface area contributed by atoms with Crippen molar-refractivity contribution in [1.29, 1.82) is 0 Å². The Balaban J connectivity index is 2.91. The summed E-state index contributed by atoms with van der Waals surface area (Å²) < 4.78 is 5.16. The van der Waals surface area contributed by atoms with Gasteiger partial charge in [0.15, 0.2) is 0 Å². The van der Waals surface area contributed by atoms with Crippen molar-refractivity contribution < 1.29 is 9.53 Å². The van der Waals surface area contributed by atoms with Gasteiger partial charge in [0.05, 0.1) is 12.2 Å². The van der Waals surface area contributed by atoms with Crippen LogP contribution in [0.2, 0.25) is 0 Å². The van der Waals surface area contributed by atoms with Gasteiger partial charge in [0.25, 0.3) is 0 Å². The zero-order valence-corrected chi connectivity index (χ0v) is 10.3. The van der Waals surface area contributed by atoms with Crippen molar-refractivity contribution in [2.75, 3.05) is 12.3 Å². The predicted molar refractivity (Wildman–Crippen MR) is 65.4 cm³/mol. The van der Waals surface area contributed by atoms with E-state index in [9.17, 15) is 4.79 Å². The number of carbonyl (C=O) groups is 1. The van der Waals surface area contributed by atoms with Crippen molar-refractivity contribution in [2.24, 2.45) is 5.92 Å². The number of aryl methyl sites for hydroxylation is 2. The molecular weight excluding hydrogens is 202 g/mol. The summed E-state index contributed by atoms with van der Waals surface area (Å²) in [5.41, 5.74) is 8.77. The quantitative estimate of drug-likeness (QED) is 0.630. The number of carbonyl (C=O) groups excluding carboxylic acids is 1. The summed E-state index contributed by atoms with van der Waals surface area (Å²) in [6.45, 7) is 8.24. The second-order valence-corrected chi connectivity index (χ2v) is 4.54. The summed E-state index contributed by atoms with van der Waals surface area (Å²) in [5.74, 6) is -0.00548. The van der Waals surface area contributed by atoms with E-state index in [0.717, 1.165) is 11.1 Å². The number of benzene rings is 1. The van der Waals surface area contributed by atoms with Crippen LogP contribution >= 0.6 is 0 Å². The molecule has 0 bridgehead atoms. The van der Waals surface area contributed by atoms with E-state index in [-0.39, 0.29) is 5.97 Å². The van der Waals surface area contributed by atoms with Crippen LogP contribution in [0.3, 0.4) is 0 Å². The molecule has 0 fully saturated rings. The smallest absolute Gasteiger partial charge is 0.340 e. The molecule has 0 unspecified atom stereocenters. The molecule has 2 N–H and O–H groups in total. The van der Waals surface area contributed by atoms with Crippen LogP contribution in [0.15, 0.2) is 12.1 Å². The fourth-order valence-electron chi connectivity index (χ4n) is 1.47. The third kappa shape index (κ3) is 2.99. The molecule has 3 nitrogen and oxygen atoms in total. The van der Waals surface area contributed by atoms with Gasteiger partial charge in [-0.1, -0.05) is 19.9 Å². The topological polar surface area (TPSA) is 52.3 Å². The highest BCUT2D eigenvalue weighted by Crippen LogP contribution is 2.20. The first-order valence-electron chi connectivity index (χ1n) is 5.45. The first kappa shape index (κ1) is 12.6. The average Bonchev–Trinajstić information content (AvgIpc) is 2.19. The molecule has 0 spiro atoms. The Labute approximate surface area is 96.6 Å². The van der Waals surface area contributed by atoms with Crippen LogP contribution in [-0.4, -0.2) is 12.6 Å². The van der Waals surface area contributed by atoms with Crippen molar-refractivity contribution in [2.45, 2.75) is 27.7 Å². The van der Waals surface area contributed by atoms with Gasteiger partial charge < -0.3 is 10.5 Å². The zero-order valence-electron chi connectivity index (χ0n) is 10.3. The molecular formula is C13H19NO2. The van der Waals surface area contributed by atoms with Crippen molar-refractivity contribution in [1.82, 2.24) is 0 Å². The van der Waals surface area contributed by atoms with E-state index < -0.39 is 0 Å². The number of rotatable bonds is 3. The Morgan fingerprint density at radius 2 is 2.00 bits per heavy atom. The molecule has 0 aliphatic heterocycles. The number of esters is 1. The number of anilines is 1. The van der Waals surface area contributed by atoms with Gasteiger partial charge in [0, 0.05) is 5.69 Å². The van der Waals surface area contributed by atoms with Gasteiger partial charge in [0.2, 0.25) is 0 Å². The maximum absolute atomic E-state index is 11.8. The third-order valence-corrected chi connectivity index (χ3v) is 2.30. The maximum Gasteiger partial charge on any atom is 0.340 e. The lowest BCUT2D eigenvalue weighted by atomic mass is 10.0. The Kier molecular flexibility index (Phi) is 3.93. The molecule has 0 amide bonds. The van der Waals surface area contributed by atoms with Gasteiger partial charge in [-0.15, -0.1) is 0 Å². The Morgan fingerprint density at radius 3 is 2.56 bits per heavy atom. The normalized spacial score (nSPS) is 10.6. The van der Waals surface area contributed by atoms with Crippen LogP contribution in [0.1, 0.15) is 35.3 Å². The molecule has 0 saturated carbocycles. The SMILES string of the molecule is Cc1cc(C)c(N)c(C(=O)OCC(C)C)c1. The summed E-state index contributed by atoms with van der Waals surface area (Å²) in [7, 11) is 0. The van der Waals surface area contributed by atoms with E-state index in [1.165, 1.54) is 0 Å². The average molecular weight is 221 g/mol. The highest BCUT2D eigenvalue weighted by atomic mass is 16.5. The highest BCUT2D eigenvalue weighted by molar-refractivity contribution is 5.96. The molecule has 3 heteroatoms. The van der Waals surface area contributed by atoms with E-state index in [4.69, 9.17) is 10.5 Å². The zero-order chi connectivity index (χ0) is 12.3. The standard InChI is InChI=1S/C13H19NO2/c1-8(2)7-16-13(15)11-6-9(3)5-10(4)12(11)14/h5-6,8H,7,14H2,1-4H3. The number of nitrogens with two attached hydrogens (primary N) is 1. The second-order valence-electron chi connectivity index (χ2n) is 4.54. The van der Waals surface area contributed by atoms with Gasteiger partial charge in [-0.05, 0) is 37.0 Å². The van der Waals surface area contributed by atoms with Crippen molar-refractivity contribution in [3.05, 3.63) is 28.8 Å². The second kappa shape index (κ2) is 5.01. The molecule has 0 aliphatic carbocycles. The molecule has 1 aromatic rings. The van der Waals surface area contributed by atoms with Gasteiger partial charge in [0.1, 0.15) is 0 Å². The monoisotopic (exact) mass is 221 g/mol. The van der Waals surface area contributed by atoms with Crippen LogP contribution in [0.25, 0.3) is 0 Å². The summed E-state index contributed by atoms with van der Waals surface area (Å²) in [6, 6.07) is 3.72. The van der Waals surface area contributed by atoms with E-state index in [1.807, 2.05) is 33.8 Å². The molecule has 0 radical (unpaired) electrons. The van der Waals surface area contributed by atoms with Crippen molar-refractivity contribution in [3.8, 4) is 0 Å². The van der Waals surface area contributed by atoms with Gasteiger partial charge in [-0.2, -0.15) is 0 Å². The molecule has 0 atom stereocenters. The van der Waals surface area contributed by atoms with Crippen LogP contribution in [0, 0.1) is 19.8 Å². The van der Waals surface area contributed by atoms with E-state index in [2.05, 4.69) is 0 Å². The van der Waals surface area contributed by atoms with E-state index >= 15 is 0 Å².